The summed E-state index contributed by atoms with van der Waals surface area (Å²) < 4.78 is 40.1. The van der Waals surface area contributed by atoms with E-state index >= 15 is 0 Å². The molecule has 27 heavy (non-hydrogen) atoms. The van der Waals surface area contributed by atoms with Crippen molar-refractivity contribution in [3.8, 4) is 5.75 Å². The van der Waals surface area contributed by atoms with E-state index in [1.807, 2.05) is 0 Å². The van der Waals surface area contributed by atoms with Crippen LogP contribution in [0.4, 0.5) is 24.5 Å². The van der Waals surface area contributed by atoms with Gasteiger partial charge in [0.25, 0.3) is 0 Å². The maximum absolute atomic E-state index is 12.1. The summed E-state index contributed by atoms with van der Waals surface area (Å²) in [5.41, 5.74) is 6.58. The number of amidine groups is 1. The fraction of sp³-hybridized carbons (Fsp3) is 0.176. The number of alkyl halides is 4. The van der Waals surface area contributed by atoms with E-state index in [2.05, 4.69) is 15.0 Å². The Bertz CT molecular complexity index is 797. The van der Waals surface area contributed by atoms with Crippen LogP contribution in [-0.2, 0) is 4.79 Å². The number of hydrogen-bond donors (Lipinski definition) is 2. The van der Waals surface area contributed by atoms with Crippen molar-refractivity contribution in [1.29, 1.82) is 0 Å². The first-order valence-corrected chi connectivity index (χ1v) is 9.05. The molecule has 5 nitrogen and oxygen atoms in total. The van der Waals surface area contributed by atoms with Crippen molar-refractivity contribution in [2.24, 2.45) is 10.7 Å². The van der Waals surface area contributed by atoms with Gasteiger partial charge in [-0.15, -0.1) is 36.5 Å². The number of nitrogens with two attached hydrogens (primary N) is 1. The van der Waals surface area contributed by atoms with Crippen LogP contribution in [0.1, 0.15) is 0 Å². The van der Waals surface area contributed by atoms with Gasteiger partial charge in [-0.05, 0) is 48.5 Å². The van der Waals surface area contributed by atoms with Crippen LogP contribution in [0.2, 0.25) is 0 Å². The number of hydrogen-bond acceptors (Lipinski definition) is 4. The van der Waals surface area contributed by atoms with E-state index < -0.39 is 6.36 Å². The molecule has 0 unspecified atom stereocenters. The zero-order chi connectivity index (χ0) is 19.9. The number of aliphatic imine (C=N–C) groups is 1. The first-order chi connectivity index (χ1) is 12.7. The molecule has 1 amide bonds. The first kappa shape index (κ1) is 20.9. The lowest BCUT2D eigenvalue weighted by Gasteiger charge is -2.10. The summed E-state index contributed by atoms with van der Waals surface area (Å²) in [5, 5.41) is 2.60. The Hall–Kier alpha value is -2.39. The van der Waals surface area contributed by atoms with Crippen LogP contribution in [0, 0.1) is 0 Å². The van der Waals surface area contributed by atoms with Crippen molar-refractivity contribution in [2.75, 3.05) is 16.9 Å². The summed E-state index contributed by atoms with van der Waals surface area (Å²) in [6, 6.07) is 12.0. The number of benzene rings is 2. The Kier molecular flexibility index (Phi) is 7.37. The summed E-state index contributed by atoms with van der Waals surface area (Å²) in [4.78, 5) is 16.9. The Morgan fingerprint density at radius 3 is 2.33 bits per heavy atom. The van der Waals surface area contributed by atoms with Gasteiger partial charge in [-0.25, -0.2) is 4.99 Å². The quantitative estimate of drug-likeness (QED) is 0.300. The highest BCUT2D eigenvalue weighted by atomic mass is 35.5. The number of halogens is 4. The molecule has 10 heteroatoms. The minimum Gasteiger partial charge on any atom is -0.406 e. The van der Waals surface area contributed by atoms with Crippen LogP contribution in [0.3, 0.4) is 0 Å². The molecule has 0 atom stereocenters. The van der Waals surface area contributed by atoms with Gasteiger partial charge in [0.2, 0.25) is 5.91 Å². The monoisotopic (exact) mass is 417 g/mol. The first-order valence-electron chi connectivity index (χ1n) is 7.53. The van der Waals surface area contributed by atoms with Crippen LogP contribution in [0.25, 0.3) is 0 Å². The van der Waals surface area contributed by atoms with Gasteiger partial charge in [-0.1, -0.05) is 0 Å². The van der Waals surface area contributed by atoms with Crippen LogP contribution >= 0.6 is 23.4 Å². The molecule has 2 aromatic rings. The van der Waals surface area contributed by atoms with E-state index in [1.54, 1.807) is 24.3 Å². The molecule has 2 rings (SSSR count). The van der Waals surface area contributed by atoms with E-state index in [4.69, 9.17) is 17.3 Å². The van der Waals surface area contributed by atoms with Crippen molar-refractivity contribution < 1.29 is 22.7 Å². The summed E-state index contributed by atoms with van der Waals surface area (Å²) in [6.45, 7) is 0. The van der Waals surface area contributed by atoms with Crippen molar-refractivity contribution in [3.63, 3.8) is 0 Å². The number of ether oxygens (including phenoxy) is 1. The lowest BCUT2D eigenvalue weighted by atomic mass is 10.3. The normalized spacial score (nSPS) is 11.9. The largest absolute Gasteiger partial charge is 0.573 e. The van der Waals surface area contributed by atoms with Gasteiger partial charge in [-0.3, -0.25) is 4.79 Å². The van der Waals surface area contributed by atoms with E-state index in [0.29, 0.717) is 17.2 Å². The van der Waals surface area contributed by atoms with Crippen molar-refractivity contribution in [1.82, 2.24) is 0 Å². The second-order valence-electron chi connectivity index (χ2n) is 5.14. The number of nitrogens with one attached hydrogen (secondary N) is 1. The predicted molar refractivity (Wildman–Crippen MR) is 101 cm³/mol. The molecular weight excluding hydrogens is 403 g/mol. The highest BCUT2D eigenvalue weighted by Crippen LogP contribution is 2.25. The molecule has 0 aliphatic heterocycles. The number of carbonyl (C=O) groups is 1. The van der Waals surface area contributed by atoms with Crippen molar-refractivity contribution in [2.45, 2.75) is 11.3 Å². The molecular formula is C17H15ClF3N3O2S. The van der Waals surface area contributed by atoms with Crippen molar-refractivity contribution >= 4 is 46.5 Å². The Labute approximate surface area is 162 Å². The number of carbonyl (C=O) groups excluding carboxylic acids is 1. The molecule has 2 aromatic carbocycles. The molecule has 0 aliphatic carbocycles. The summed E-state index contributed by atoms with van der Waals surface area (Å²) in [7, 11) is 0. The molecule has 3 N–H and O–H groups in total. The van der Waals surface area contributed by atoms with Crippen LogP contribution in [-0.4, -0.2) is 29.7 Å². The zero-order valence-electron chi connectivity index (χ0n) is 13.8. The van der Waals surface area contributed by atoms with E-state index in [9.17, 15) is 18.0 Å². The van der Waals surface area contributed by atoms with Gasteiger partial charge in [0, 0.05) is 10.6 Å². The fourth-order valence-corrected chi connectivity index (χ4v) is 2.66. The Morgan fingerprint density at radius 2 is 1.78 bits per heavy atom. The molecule has 0 fully saturated rings. The third-order valence-electron chi connectivity index (χ3n) is 2.99. The molecule has 0 saturated carbocycles. The smallest absolute Gasteiger partial charge is 0.406 e. The zero-order valence-corrected chi connectivity index (χ0v) is 15.4. The number of rotatable bonds is 7. The molecule has 0 saturated heterocycles. The average Bonchev–Trinajstić information content (AvgIpc) is 2.61. The van der Waals surface area contributed by atoms with Crippen molar-refractivity contribution in [3.05, 3.63) is 48.5 Å². The van der Waals surface area contributed by atoms with E-state index in [1.165, 1.54) is 23.9 Å². The highest BCUT2D eigenvalue weighted by Gasteiger charge is 2.30. The summed E-state index contributed by atoms with van der Waals surface area (Å²) in [5.74, 6) is -0.0683. The van der Waals surface area contributed by atoms with Gasteiger partial charge in [0.1, 0.15) is 11.6 Å². The predicted octanol–water partition coefficient (Wildman–Crippen LogP) is 4.54. The maximum Gasteiger partial charge on any atom is 0.573 e. The summed E-state index contributed by atoms with van der Waals surface area (Å²) in [6.07, 6.45) is -4.75. The SMILES string of the molecule is NC(CCl)=Nc1ccc(SCC(=O)Nc2ccc(OC(F)(F)F)cc2)cc1. The Balaban J connectivity index is 1.84. The second-order valence-corrected chi connectivity index (χ2v) is 6.46. The van der Waals surface area contributed by atoms with Crippen LogP contribution < -0.4 is 15.8 Å². The summed E-state index contributed by atoms with van der Waals surface area (Å²) >= 11 is 6.86. The average molecular weight is 418 g/mol. The van der Waals surface area contributed by atoms with E-state index in [-0.39, 0.29) is 23.3 Å². The van der Waals surface area contributed by atoms with Gasteiger partial charge >= 0.3 is 6.36 Å². The molecule has 0 aromatic heterocycles. The number of nitrogens with zero attached hydrogens (tertiary/aromatic N) is 1. The molecule has 0 radical (unpaired) electrons. The highest BCUT2D eigenvalue weighted by molar-refractivity contribution is 8.00. The van der Waals surface area contributed by atoms with Gasteiger partial charge in [0.05, 0.1) is 17.3 Å². The van der Waals surface area contributed by atoms with Gasteiger partial charge in [-0.2, -0.15) is 0 Å². The fourth-order valence-electron chi connectivity index (χ4n) is 1.90. The lowest BCUT2D eigenvalue weighted by Crippen LogP contribution is -2.17. The third kappa shape index (κ3) is 7.79. The van der Waals surface area contributed by atoms with Gasteiger partial charge in [0.15, 0.2) is 0 Å². The molecule has 144 valence electrons. The maximum atomic E-state index is 12.1. The second kappa shape index (κ2) is 9.52. The lowest BCUT2D eigenvalue weighted by molar-refractivity contribution is -0.274. The number of amides is 1. The minimum absolute atomic E-state index is 0.132. The molecule has 0 spiro atoms. The third-order valence-corrected chi connectivity index (χ3v) is 4.27. The molecule has 0 aliphatic rings. The van der Waals surface area contributed by atoms with E-state index in [0.717, 1.165) is 17.0 Å². The minimum atomic E-state index is -4.75. The van der Waals surface area contributed by atoms with Crippen LogP contribution in [0.5, 0.6) is 5.75 Å². The Morgan fingerprint density at radius 1 is 1.15 bits per heavy atom. The standard InChI is InChI=1S/C17H15ClF3N3O2S/c18-9-15(22)23-11-3-7-14(8-4-11)27-10-16(25)24-12-1-5-13(6-2-12)26-17(19,20)21/h1-8H,9-10H2,(H2,22,23)(H,24,25). The number of thioether (sulfide) groups is 1. The van der Waals surface area contributed by atoms with Gasteiger partial charge < -0.3 is 15.8 Å². The molecule has 0 heterocycles. The topological polar surface area (TPSA) is 76.7 Å². The van der Waals surface area contributed by atoms with Crippen LogP contribution in [0.15, 0.2) is 58.4 Å². The molecule has 0 bridgehead atoms. The number of anilines is 1.